The first-order valence-electron chi connectivity index (χ1n) is 11.0. The Labute approximate surface area is 196 Å². The van der Waals surface area contributed by atoms with Gasteiger partial charge in [0.1, 0.15) is 0 Å². The zero-order chi connectivity index (χ0) is 24.6. The van der Waals surface area contributed by atoms with Crippen LogP contribution in [0.25, 0.3) is 11.1 Å². The van der Waals surface area contributed by atoms with E-state index in [0.29, 0.717) is 60.3 Å². The summed E-state index contributed by atoms with van der Waals surface area (Å²) in [5.41, 5.74) is 1.76. The van der Waals surface area contributed by atoms with E-state index in [1.807, 2.05) is 13.1 Å². The second kappa shape index (κ2) is 9.72. The maximum atomic E-state index is 10.9. The lowest BCUT2D eigenvalue weighted by molar-refractivity contribution is 0.246. The van der Waals surface area contributed by atoms with E-state index in [4.69, 9.17) is 17.7 Å². The summed E-state index contributed by atoms with van der Waals surface area (Å²) in [6.45, 7) is 4.67. The van der Waals surface area contributed by atoms with Crippen molar-refractivity contribution in [1.82, 2.24) is 9.13 Å². The minimum Gasteiger partial charge on any atom is -0.494 e. The molecular formula is C21H36N2O8Si2. The maximum Gasteiger partial charge on any atom is 0.334 e. The van der Waals surface area contributed by atoms with Crippen molar-refractivity contribution in [1.29, 1.82) is 0 Å². The molecule has 0 atom stereocenters. The highest BCUT2D eigenvalue weighted by Crippen LogP contribution is 2.55. The Morgan fingerprint density at radius 3 is 1.27 bits per heavy atom. The molecule has 0 bridgehead atoms. The number of aromatic hydroxyl groups is 4. The fourth-order valence-electron chi connectivity index (χ4n) is 4.44. The molecular weight excluding hydrogens is 464 g/mol. The number of nitrogens with zero attached hydrogens (tertiary/aromatic N) is 2. The van der Waals surface area contributed by atoms with Gasteiger partial charge in [0.25, 0.3) is 0 Å². The van der Waals surface area contributed by atoms with Gasteiger partial charge in [-0.15, -0.1) is 0 Å². The van der Waals surface area contributed by atoms with E-state index in [1.165, 1.54) is 9.13 Å². The third-order valence-electron chi connectivity index (χ3n) is 6.97. The summed E-state index contributed by atoms with van der Waals surface area (Å²) >= 11 is 0. The molecule has 3 rings (SSSR count). The van der Waals surface area contributed by atoms with Crippen molar-refractivity contribution in [2.24, 2.45) is 0 Å². The van der Waals surface area contributed by atoms with Crippen LogP contribution in [-0.4, -0.2) is 75.1 Å². The standard InChI is InChI=1S/C21H36N2O8Si2/c1-28-32(5,29-2)11-7-9-22-18(24)14-13-15-17(16(14)20(22)26)21(27)23(19(15)25)10-8-12-33(6,30-3)31-4/h24-27H,7-13H2,1-6H3. The van der Waals surface area contributed by atoms with Crippen molar-refractivity contribution >= 4 is 17.1 Å². The Bertz CT molecular complexity index is 917. The van der Waals surface area contributed by atoms with Crippen LogP contribution in [-0.2, 0) is 37.2 Å². The van der Waals surface area contributed by atoms with Crippen molar-refractivity contribution in [3.63, 3.8) is 0 Å². The van der Waals surface area contributed by atoms with Gasteiger partial charge in [-0.1, -0.05) is 0 Å². The fourth-order valence-corrected chi connectivity index (χ4v) is 7.19. The number of rotatable bonds is 12. The summed E-state index contributed by atoms with van der Waals surface area (Å²) in [4.78, 5) is 0. The van der Waals surface area contributed by atoms with Gasteiger partial charge in [0, 0.05) is 59.1 Å². The molecule has 0 aromatic carbocycles. The van der Waals surface area contributed by atoms with E-state index in [0.717, 1.165) is 0 Å². The zero-order valence-corrected chi connectivity index (χ0v) is 22.3. The molecule has 12 heteroatoms. The van der Waals surface area contributed by atoms with Gasteiger partial charge in [0.15, 0.2) is 11.8 Å². The second-order valence-electron chi connectivity index (χ2n) is 8.77. The van der Waals surface area contributed by atoms with Crippen LogP contribution in [0.3, 0.4) is 0 Å². The third kappa shape index (κ3) is 4.55. The fraction of sp³-hybridized carbons (Fsp3) is 0.619. The summed E-state index contributed by atoms with van der Waals surface area (Å²) in [7, 11) is 2.00. The van der Waals surface area contributed by atoms with E-state index < -0.39 is 17.1 Å². The number of fused-ring (bicyclic) bond motifs is 3. The summed E-state index contributed by atoms with van der Waals surface area (Å²) in [6, 6.07) is 1.39. The van der Waals surface area contributed by atoms with Crippen molar-refractivity contribution in [2.45, 2.75) is 57.5 Å². The SMILES string of the molecule is CO[Si](C)(CCCn1c(O)c2c(c1O)-c1c(c(O)n(CCC[Si](C)(OC)OC)c1O)C2)OC. The van der Waals surface area contributed by atoms with Crippen molar-refractivity contribution in [2.75, 3.05) is 28.4 Å². The molecule has 0 radical (unpaired) electrons. The molecule has 1 aliphatic carbocycles. The average Bonchev–Trinajstić information content (AvgIpc) is 3.39. The van der Waals surface area contributed by atoms with Crippen LogP contribution in [0.4, 0.5) is 0 Å². The predicted octanol–water partition coefficient (Wildman–Crippen LogP) is 3.19. The highest BCUT2D eigenvalue weighted by molar-refractivity contribution is 6.66. The van der Waals surface area contributed by atoms with E-state index in [9.17, 15) is 20.4 Å². The summed E-state index contributed by atoms with van der Waals surface area (Å²) in [5, 5.41) is 43.3. The molecule has 0 saturated carbocycles. The van der Waals surface area contributed by atoms with Gasteiger partial charge in [-0.05, 0) is 38.0 Å². The minimum atomic E-state index is -2.26. The number of hydrogen-bond acceptors (Lipinski definition) is 8. The van der Waals surface area contributed by atoms with Crippen molar-refractivity contribution in [3.05, 3.63) is 11.1 Å². The van der Waals surface area contributed by atoms with Crippen LogP contribution in [0.1, 0.15) is 24.0 Å². The molecule has 1 aliphatic rings. The van der Waals surface area contributed by atoms with E-state index in [1.54, 1.807) is 28.4 Å². The smallest absolute Gasteiger partial charge is 0.334 e. The monoisotopic (exact) mass is 500 g/mol. The van der Waals surface area contributed by atoms with Crippen LogP contribution in [0.5, 0.6) is 23.5 Å². The topological polar surface area (TPSA) is 128 Å². The van der Waals surface area contributed by atoms with E-state index in [-0.39, 0.29) is 29.9 Å². The van der Waals surface area contributed by atoms with Crippen LogP contribution in [0.15, 0.2) is 0 Å². The maximum absolute atomic E-state index is 10.9. The minimum absolute atomic E-state index is 0.0517. The zero-order valence-electron chi connectivity index (χ0n) is 20.3. The molecule has 2 heterocycles. The first-order chi connectivity index (χ1) is 15.6. The lowest BCUT2D eigenvalue weighted by Gasteiger charge is -2.22. The molecule has 0 saturated heterocycles. The summed E-state index contributed by atoms with van der Waals surface area (Å²) < 4.78 is 24.9. The lowest BCUT2D eigenvalue weighted by Crippen LogP contribution is -2.36. The Morgan fingerprint density at radius 2 is 0.970 bits per heavy atom. The summed E-state index contributed by atoms with van der Waals surface area (Å²) in [5.74, 6) is -0.343. The van der Waals surface area contributed by atoms with Crippen LogP contribution < -0.4 is 0 Å². The Kier molecular flexibility index (Phi) is 7.56. The highest BCUT2D eigenvalue weighted by Gasteiger charge is 2.38. The van der Waals surface area contributed by atoms with Gasteiger partial charge < -0.3 is 38.1 Å². The largest absolute Gasteiger partial charge is 0.494 e. The molecule has 2 aromatic heterocycles. The van der Waals surface area contributed by atoms with E-state index >= 15 is 0 Å². The van der Waals surface area contributed by atoms with E-state index in [2.05, 4.69) is 0 Å². The molecule has 4 N–H and O–H groups in total. The number of hydrogen-bond donors (Lipinski definition) is 4. The van der Waals surface area contributed by atoms with Crippen molar-refractivity contribution in [3.8, 4) is 34.6 Å². The van der Waals surface area contributed by atoms with Crippen LogP contribution in [0.2, 0.25) is 25.2 Å². The molecule has 186 valence electrons. The second-order valence-corrected chi connectivity index (χ2v) is 15.9. The Morgan fingerprint density at radius 1 is 0.636 bits per heavy atom. The number of aromatic nitrogens is 2. The Balaban J connectivity index is 1.82. The normalized spacial score (nSPS) is 13.5. The first kappa shape index (κ1) is 25.7. The molecule has 0 fully saturated rings. The van der Waals surface area contributed by atoms with Gasteiger partial charge in [-0.25, -0.2) is 0 Å². The van der Waals surface area contributed by atoms with Gasteiger partial charge in [0.2, 0.25) is 11.8 Å². The quantitative estimate of drug-likeness (QED) is 0.279. The van der Waals surface area contributed by atoms with Gasteiger partial charge in [0.05, 0.1) is 11.1 Å². The molecule has 2 aromatic rings. The molecule has 0 aliphatic heterocycles. The van der Waals surface area contributed by atoms with Gasteiger partial charge >= 0.3 is 17.1 Å². The first-order valence-corrected chi connectivity index (χ1v) is 16.1. The molecule has 0 spiro atoms. The highest BCUT2D eigenvalue weighted by atomic mass is 28.4. The lowest BCUT2D eigenvalue weighted by atomic mass is 10.1. The molecule has 0 amide bonds. The molecule has 10 nitrogen and oxygen atoms in total. The Hall–Kier alpha value is -1.97. The summed E-state index contributed by atoms with van der Waals surface area (Å²) in [6.07, 6.45) is 1.52. The predicted molar refractivity (Wildman–Crippen MR) is 127 cm³/mol. The average molecular weight is 501 g/mol. The van der Waals surface area contributed by atoms with Crippen LogP contribution >= 0.6 is 0 Å². The van der Waals surface area contributed by atoms with Gasteiger partial charge in [-0.2, -0.15) is 0 Å². The molecule has 33 heavy (non-hydrogen) atoms. The van der Waals surface area contributed by atoms with Crippen molar-refractivity contribution < 1.29 is 38.1 Å². The molecule has 0 unspecified atom stereocenters. The van der Waals surface area contributed by atoms with Gasteiger partial charge in [-0.3, -0.25) is 9.13 Å². The third-order valence-corrected chi connectivity index (χ3v) is 12.9. The van der Waals surface area contributed by atoms with Crippen LogP contribution in [0, 0.1) is 0 Å².